The number of pyridine rings is 1. The number of benzene rings is 1. The zero-order valence-electron chi connectivity index (χ0n) is 21.8. The number of aromatic nitrogens is 3. The quantitative estimate of drug-likeness (QED) is 0.325. The molecule has 1 aromatic carbocycles. The number of fused-ring (bicyclic) bond motifs is 1. The molecule has 2 aliphatic rings. The highest BCUT2D eigenvalue weighted by Gasteiger charge is 2.45. The molecule has 0 amide bonds. The van der Waals surface area contributed by atoms with Crippen molar-refractivity contribution in [3.8, 4) is 22.9 Å². The summed E-state index contributed by atoms with van der Waals surface area (Å²) in [6.07, 6.45) is 3.89. The third-order valence-electron chi connectivity index (χ3n) is 7.03. The Morgan fingerprint density at radius 1 is 1.23 bits per heavy atom. The number of halogens is 4. The van der Waals surface area contributed by atoms with Crippen LogP contribution in [0.25, 0.3) is 22.3 Å². The number of carbonyl (C=O) groups excluding carboxylic acids is 1. The van der Waals surface area contributed by atoms with Crippen LogP contribution in [0.1, 0.15) is 12.8 Å². The molecule has 9 nitrogen and oxygen atoms in total. The number of hydrogen-bond donors (Lipinski definition) is 1. The van der Waals surface area contributed by atoms with Gasteiger partial charge in [-0.15, -0.1) is 0 Å². The Hall–Kier alpha value is -3.28. The van der Waals surface area contributed by atoms with E-state index in [1.54, 1.807) is 6.07 Å². The van der Waals surface area contributed by atoms with Crippen molar-refractivity contribution in [2.45, 2.75) is 24.8 Å². The molecule has 0 radical (unpaired) electrons. The molecule has 2 fully saturated rings. The lowest BCUT2D eigenvalue weighted by atomic mass is 9.89. The van der Waals surface area contributed by atoms with Crippen LogP contribution >= 0.6 is 23.2 Å². The van der Waals surface area contributed by atoms with Crippen LogP contribution in [0.5, 0.6) is 11.5 Å². The predicted octanol–water partition coefficient (Wildman–Crippen LogP) is 5.43. The van der Waals surface area contributed by atoms with Gasteiger partial charge < -0.3 is 24.4 Å². The number of ketones is 1. The molecule has 40 heavy (non-hydrogen) atoms. The molecule has 5 rings (SSSR count). The van der Waals surface area contributed by atoms with E-state index in [1.165, 1.54) is 37.5 Å². The van der Waals surface area contributed by atoms with Crippen LogP contribution in [0, 0.1) is 5.92 Å². The Bertz CT molecular complexity index is 1440. The van der Waals surface area contributed by atoms with Crippen LogP contribution in [0.4, 0.5) is 20.4 Å². The average molecular weight is 594 g/mol. The summed E-state index contributed by atoms with van der Waals surface area (Å²) < 4.78 is 44.3. The van der Waals surface area contributed by atoms with Crippen molar-refractivity contribution < 1.29 is 27.8 Å². The fraction of sp³-hybridized carbons (Fsp3) is 0.407. The molecule has 13 heteroatoms. The van der Waals surface area contributed by atoms with Crippen molar-refractivity contribution in [1.82, 2.24) is 15.0 Å². The first kappa shape index (κ1) is 28.3. The predicted molar refractivity (Wildman–Crippen MR) is 149 cm³/mol. The minimum absolute atomic E-state index is 0.0243. The monoisotopic (exact) mass is 593 g/mol. The number of methoxy groups -OCH3 is 2. The van der Waals surface area contributed by atoms with Gasteiger partial charge in [-0.2, -0.15) is 0 Å². The zero-order valence-corrected chi connectivity index (χ0v) is 23.4. The third kappa shape index (κ3) is 5.50. The van der Waals surface area contributed by atoms with Gasteiger partial charge in [0, 0.05) is 24.5 Å². The fourth-order valence-electron chi connectivity index (χ4n) is 4.91. The highest BCUT2D eigenvalue weighted by Crippen LogP contribution is 2.46. The number of allylic oxidation sites excluding steroid dienone is 1. The van der Waals surface area contributed by atoms with Crippen LogP contribution in [0.15, 0.2) is 31.0 Å². The van der Waals surface area contributed by atoms with E-state index in [4.69, 9.17) is 37.4 Å². The zero-order chi connectivity index (χ0) is 28.6. The summed E-state index contributed by atoms with van der Waals surface area (Å²) in [7, 11) is 2.89. The third-order valence-corrected chi connectivity index (χ3v) is 7.78. The first-order valence-electron chi connectivity index (χ1n) is 12.5. The van der Waals surface area contributed by atoms with E-state index in [9.17, 15) is 13.6 Å². The van der Waals surface area contributed by atoms with Gasteiger partial charge in [0.25, 0.3) is 5.92 Å². The van der Waals surface area contributed by atoms with Crippen molar-refractivity contribution in [2.24, 2.45) is 5.92 Å². The maximum Gasteiger partial charge on any atom is 0.282 e. The molecular weight excluding hydrogens is 567 g/mol. The number of nitrogens with zero attached hydrogens (tertiary/aromatic N) is 4. The van der Waals surface area contributed by atoms with E-state index in [0.29, 0.717) is 42.8 Å². The minimum Gasteiger partial charge on any atom is -0.495 e. The van der Waals surface area contributed by atoms with Gasteiger partial charge in [-0.1, -0.05) is 29.8 Å². The number of ether oxygens (including phenoxy) is 3. The van der Waals surface area contributed by atoms with E-state index < -0.39 is 19.0 Å². The van der Waals surface area contributed by atoms with Crippen LogP contribution < -0.4 is 19.7 Å². The number of rotatable bonds is 9. The Morgan fingerprint density at radius 2 is 1.93 bits per heavy atom. The second-order valence-electron chi connectivity index (χ2n) is 9.70. The van der Waals surface area contributed by atoms with E-state index >= 15 is 0 Å². The lowest BCUT2D eigenvalue weighted by Crippen LogP contribution is -2.56. The molecule has 2 aromatic heterocycles. The second-order valence-corrected chi connectivity index (χ2v) is 10.5. The molecule has 212 valence electrons. The summed E-state index contributed by atoms with van der Waals surface area (Å²) in [6, 6.07) is 3.07. The summed E-state index contributed by atoms with van der Waals surface area (Å²) >= 11 is 13.2. The molecule has 1 N–H and O–H groups in total. The fourth-order valence-corrected chi connectivity index (χ4v) is 5.58. The normalized spacial score (nSPS) is 20.1. The molecule has 2 aliphatic heterocycles. The molecular formula is C27H27Cl2F2N5O4. The molecule has 0 bridgehead atoms. The summed E-state index contributed by atoms with van der Waals surface area (Å²) in [5, 5.41) is 4.15. The Labute approximate surface area is 239 Å². The van der Waals surface area contributed by atoms with Gasteiger partial charge in [0.05, 0.1) is 67.3 Å². The van der Waals surface area contributed by atoms with Gasteiger partial charge in [0.15, 0.2) is 11.6 Å². The number of alkyl halides is 2. The molecule has 4 heterocycles. The topological polar surface area (TPSA) is 98.7 Å². The maximum absolute atomic E-state index is 14.0. The van der Waals surface area contributed by atoms with Gasteiger partial charge in [-0.05, 0) is 24.5 Å². The molecule has 2 saturated heterocycles. The largest absolute Gasteiger partial charge is 0.495 e. The van der Waals surface area contributed by atoms with Crippen molar-refractivity contribution in [1.29, 1.82) is 0 Å². The summed E-state index contributed by atoms with van der Waals surface area (Å²) in [5.41, 5.74) is 0.638. The Balaban J connectivity index is 1.58. The van der Waals surface area contributed by atoms with Crippen LogP contribution in [-0.4, -0.2) is 73.2 Å². The van der Waals surface area contributed by atoms with Gasteiger partial charge in [-0.25, -0.2) is 23.7 Å². The average Bonchev–Trinajstić information content (AvgIpc) is 2.92. The number of hydrogen-bond acceptors (Lipinski definition) is 9. The van der Waals surface area contributed by atoms with Crippen LogP contribution in [-0.2, 0) is 9.53 Å². The van der Waals surface area contributed by atoms with E-state index in [2.05, 4.69) is 26.8 Å². The molecule has 2 atom stereocenters. The lowest BCUT2D eigenvalue weighted by molar-refractivity contribution is -0.116. The SMILES string of the molecule is C=CC(=O)C[C@H]1CCOC[C@H]1Nc1cc2c(N3CC(F)(F)C3)nc(-c3c(Cl)c(OC)cc(OC)c3Cl)nc2cn1. The maximum atomic E-state index is 14.0. The van der Waals surface area contributed by atoms with Crippen LogP contribution in [0.3, 0.4) is 0 Å². The van der Waals surface area contributed by atoms with Crippen molar-refractivity contribution in [3.05, 3.63) is 41.0 Å². The van der Waals surface area contributed by atoms with Crippen molar-refractivity contribution in [3.63, 3.8) is 0 Å². The Morgan fingerprint density at radius 3 is 2.55 bits per heavy atom. The highest BCUT2D eigenvalue weighted by atomic mass is 35.5. The number of anilines is 2. The van der Waals surface area contributed by atoms with Gasteiger partial charge in [0.2, 0.25) is 0 Å². The first-order valence-corrected chi connectivity index (χ1v) is 13.3. The van der Waals surface area contributed by atoms with Crippen LogP contribution in [0.2, 0.25) is 10.0 Å². The Kier molecular flexibility index (Phi) is 7.98. The summed E-state index contributed by atoms with van der Waals surface area (Å²) in [5.74, 6) is -1.42. The number of nitrogens with one attached hydrogen (secondary N) is 1. The molecule has 0 saturated carbocycles. The first-order chi connectivity index (χ1) is 19.1. The van der Waals surface area contributed by atoms with Gasteiger partial charge in [0.1, 0.15) is 23.1 Å². The van der Waals surface area contributed by atoms with E-state index in [1.807, 2.05) is 0 Å². The molecule has 0 aliphatic carbocycles. The second kappa shape index (κ2) is 11.3. The molecule has 0 unspecified atom stereocenters. The van der Waals surface area contributed by atoms with E-state index in [-0.39, 0.29) is 56.5 Å². The molecule has 3 aromatic rings. The highest BCUT2D eigenvalue weighted by molar-refractivity contribution is 6.41. The van der Waals surface area contributed by atoms with Crippen molar-refractivity contribution >= 4 is 51.5 Å². The molecule has 0 spiro atoms. The van der Waals surface area contributed by atoms with E-state index in [0.717, 1.165) is 0 Å². The van der Waals surface area contributed by atoms with Crippen molar-refractivity contribution in [2.75, 3.05) is 50.7 Å². The summed E-state index contributed by atoms with van der Waals surface area (Å²) in [4.78, 5) is 27.3. The summed E-state index contributed by atoms with van der Waals surface area (Å²) in [6.45, 7) is 3.50. The number of carbonyl (C=O) groups is 1. The van der Waals surface area contributed by atoms with Gasteiger partial charge >= 0.3 is 0 Å². The standard InChI is InChI=1S/C27H27Cl2F2N5O4/c1-4-15(37)7-14-5-6-40-11-18(14)33-21-8-16-17(10-32-21)34-25(35-26(16)36-12-27(30,31)13-36)22-23(28)19(38-2)9-20(39-3)24(22)29/h4,8-10,14,18H,1,5-7,11-13H2,2-3H3,(H,32,33)/t14-,18-/m1/s1. The minimum atomic E-state index is -2.84. The smallest absolute Gasteiger partial charge is 0.282 e. The lowest BCUT2D eigenvalue weighted by Gasteiger charge is -2.40. The van der Waals surface area contributed by atoms with Gasteiger partial charge in [-0.3, -0.25) is 4.79 Å².